The van der Waals surface area contributed by atoms with E-state index in [0.29, 0.717) is 13.0 Å². The maximum absolute atomic E-state index is 11.3. The van der Waals surface area contributed by atoms with Crippen molar-refractivity contribution in [2.24, 2.45) is 0 Å². The first-order valence-corrected chi connectivity index (χ1v) is 7.81. The first-order valence-electron chi connectivity index (χ1n) is 7.81. The van der Waals surface area contributed by atoms with Gasteiger partial charge in [0.05, 0.1) is 0 Å². The lowest BCUT2D eigenvalue weighted by atomic mass is 10.1. The number of unbranched alkanes of at least 4 members (excludes halogenated alkanes) is 1. The molecule has 4 nitrogen and oxygen atoms in total. The molecule has 1 atom stereocenters. The van der Waals surface area contributed by atoms with Gasteiger partial charge in [0.1, 0.15) is 5.75 Å². The number of phenols is 1. The summed E-state index contributed by atoms with van der Waals surface area (Å²) in [5.74, 6) is -0.788. The largest absolute Gasteiger partial charge is 0.508 e. The van der Waals surface area contributed by atoms with E-state index < -0.39 is 12.1 Å². The van der Waals surface area contributed by atoms with E-state index >= 15 is 0 Å². The van der Waals surface area contributed by atoms with Crippen LogP contribution in [0.25, 0.3) is 0 Å². The van der Waals surface area contributed by atoms with Crippen molar-refractivity contribution in [2.45, 2.75) is 31.8 Å². The van der Waals surface area contributed by atoms with Crippen molar-refractivity contribution in [1.82, 2.24) is 0 Å². The molecule has 23 heavy (non-hydrogen) atoms. The van der Waals surface area contributed by atoms with E-state index in [0.717, 1.165) is 24.8 Å². The lowest BCUT2D eigenvalue weighted by molar-refractivity contribution is -0.150. The van der Waals surface area contributed by atoms with Crippen molar-refractivity contribution in [3.05, 3.63) is 65.7 Å². The van der Waals surface area contributed by atoms with E-state index in [4.69, 9.17) is 4.74 Å². The molecule has 0 spiro atoms. The third kappa shape index (κ3) is 6.12. The zero-order valence-corrected chi connectivity index (χ0v) is 13.0. The standard InChI is InChI=1S/C19H22O4/c20-17-11-9-16(10-12-17)14-18(19(21)22)23-13-5-4-8-15-6-2-1-3-7-15/h1-3,6-7,9-12,18,20H,4-5,8,13-14H2,(H,21,22). The van der Waals surface area contributed by atoms with Gasteiger partial charge >= 0.3 is 5.97 Å². The molecule has 0 radical (unpaired) electrons. The van der Waals surface area contributed by atoms with Gasteiger partial charge in [0.25, 0.3) is 0 Å². The van der Waals surface area contributed by atoms with E-state index in [1.807, 2.05) is 18.2 Å². The van der Waals surface area contributed by atoms with Gasteiger partial charge in [-0.3, -0.25) is 0 Å². The third-order valence-corrected chi connectivity index (χ3v) is 3.65. The third-order valence-electron chi connectivity index (χ3n) is 3.65. The fourth-order valence-electron chi connectivity index (χ4n) is 2.37. The monoisotopic (exact) mass is 314 g/mol. The van der Waals surface area contributed by atoms with Gasteiger partial charge in [-0.15, -0.1) is 0 Å². The number of phenolic OH excluding ortho intramolecular Hbond substituents is 1. The maximum Gasteiger partial charge on any atom is 0.333 e. The Labute approximate surface area is 136 Å². The number of aromatic hydroxyl groups is 1. The molecule has 0 saturated heterocycles. The second kappa shape index (κ2) is 8.96. The molecule has 2 aromatic rings. The average Bonchev–Trinajstić information content (AvgIpc) is 2.56. The topological polar surface area (TPSA) is 66.8 Å². The van der Waals surface area contributed by atoms with Gasteiger partial charge in [-0.2, -0.15) is 0 Å². The molecule has 2 aromatic carbocycles. The number of hydrogen-bond acceptors (Lipinski definition) is 3. The normalized spacial score (nSPS) is 12.0. The van der Waals surface area contributed by atoms with Crippen molar-refractivity contribution in [2.75, 3.05) is 6.61 Å². The predicted molar refractivity (Wildman–Crippen MR) is 88.6 cm³/mol. The van der Waals surface area contributed by atoms with Gasteiger partial charge in [0.2, 0.25) is 0 Å². The van der Waals surface area contributed by atoms with Crippen LogP contribution >= 0.6 is 0 Å². The van der Waals surface area contributed by atoms with E-state index in [-0.39, 0.29) is 5.75 Å². The zero-order chi connectivity index (χ0) is 16.5. The van der Waals surface area contributed by atoms with Crippen LogP contribution in [-0.4, -0.2) is 28.9 Å². The summed E-state index contributed by atoms with van der Waals surface area (Å²) >= 11 is 0. The molecule has 2 rings (SSSR count). The first-order chi connectivity index (χ1) is 11.1. The molecule has 122 valence electrons. The SMILES string of the molecule is O=C(O)C(Cc1ccc(O)cc1)OCCCCc1ccccc1. The molecular formula is C19H22O4. The molecule has 0 saturated carbocycles. The quantitative estimate of drug-likeness (QED) is 0.696. The Kier molecular flexibility index (Phi) is 6.63. The van der Waals surface area contributed by atoms with Crippen LogP contribution in [0.1, 0.15) is 24.0 Å². The van der Waals surface area contributed by atoms with Crippen LogP contribution in [0.3, 0.4) is 0 Å². The fraction of sp³-hybridized carbons (Fsp3) is 0.316. The molecular weight excluding hydrogens is 292 g/mol. The fourth-order valence-corrected chi connectivity index (χ4v) is 2.37. The summed E-state index contributed by atoms with van der Waals surface area (Å²) in [5, 5.41) is 18.5. The van der Waals surface area contributed by atoms with Crippen LogP contribution < -0.4 is 0 Å². The van der Waals surface area contributed by atoms with Gasteiger partial charge in [0.15, 0.2) is 6.10 Å². The first kappa shape index (κ1) is 17.0. The zero-order valence-electron chi connectivity index (χ0n) is 13.0. The van der Waals surface area contributed by atoms with Crippen LogP contribution in [0.4, 0.5) is 0 Å². The number of aryl methyl sites for hydroxylation is 1. The molecule has 0 aliphatic carbocycles. The summed E-state index contributed by atoms with van der Waals surface area (Å²) in [6.07, 6.45) is 2.22. The van der Waals surface area contributed by atoms with Crippen LogP contribution in [0.5, 0.6) is 5.75 Å². The number of carboxylic acids is 1. The number of carboxylic acid groups (broad SMARTS) is 1. The number of hydrogen-bond donors (Lipinski definition) is 2. The summed E-state index contributed by atoms with van der Waals surface area (Å²) in [4.78, 5) is 11.3. The number of ether oxygens (including phenoxy) is 1. The average molecular weight is 314 g/mol. The molecule has 0 fully saturated rings. The molecule has 0 amide bonds. The van der Waals surface area contributed by atoms with E-state index in [9.17, 15) is 15.0 Å². The van der Waals surface area contributed by atoms with E-state index in [1.54, 1.807) is 24.3 Å². The molecule has 0 heterocycles. The van der Waals surface area contributed by atoms with Crippen LogP contribution in [0, 0.1) is 0 Å². The number of carbonyl (C=O) groups is 1. The number of aliphatic carboxylic acids is 1. The van der Waals surface area contributed by atoms with E-state index in [1.165, 1.54) is 5.56 Å². The number of rotatable bonds is 9. The summed E-state index contributed by atoms with van der Waals surface area (Å²) in [6, 6.07) is 16.7. The van der Waals surface area contributed by atoms with Gasteiger partial charge in [-0.05, 0) is 42.5 Å². The minimum atomic E-state index is -0.957. The van der Waals surface area contributed by atoms with Gasteiger partial charge < -0.3 is 14.9 Å². The minimum absolute atomic E-state index is 0.169. The van der Waals surface area contributed by atoms with Crippen LogP contribution in [0.2, 0.25) is 0 Å². The maximum atomic E-state index is 11.3. The minimum Gasteiger partial charge on any atom is -0.508 e. The van der Waals surface area contributed by atoms with Crippen molar-refractivity contribution >= 4 is 5.97 Å². The smallest absolute Gasteiger partial charge is 0.333 e. The summed E-state index contributed by atoms with van der Waals surface area (Å²) in [6.45, 7) is 0.432. The lowest BCUT2D eigenvalue weighted by Gasteiger charge is -2.14. The lowest BCUT2D eigenvalue weighted by Crippen LogP contribution is -2.26. The molecule has 1 unspecified atom stereocenters. The van der Waals surface area contributed by atoms with Crippen LogP contribution in [-0.2, 0) is 22.4 Å². The molecule has 0 aromatic heterocycles. The Hall–Kier alpha value is -2.33. The molecule has 2 N–H and O–H groups in total. The highest BCUT2D eigenvalue weighted by molar-refractivity contribution is 5.72. The van der Waals surface area contributed by atoms with Gasteiger partial charge in [-0.25, -0.2) is 4.79 Å². The van der Waals surface area contributed by atoms with Gasteiger partial charge in [-0.1, -0.05) is 42.5 Å². The summed E-state index contributed by atoms with van der Waals surface area (Å²) in [7, 11) is 0. The Morgan fingerprint density at radius 2 is 1.65 bits per heavy atom. The highest BCUT2D eigenvalue weighted by Gasteiger charge is 2.18. The Bertz CT molecular complexity index is 593. The van der Waals surface area contributed by atoms with E-state index in [2.05, 4.69) is 12.1 Å². The van der Waals surface area contributed by atoms with Crippen molar-refractivity contribution in [1.29, 1.82) is 0 Å². The summed E-state index contributed by atoms with van der Waals surface area (Å²) < 4.78 is 5.51. The second-order valence-electron chi connectivity index (χ2n) is 5.51. The molecule has 4 heteroatoms. The van der Waals surface area contributed by atoms with Crippen molar-refractivity contribution in [3.63, 3.8) is 0 Å². The summed E-state index contributed by atoms with van der Waals surface area (Å²) in [5.41, 5.74) is 2.12. The molecule has 0 aliphatic heterocycles. The van der Waals surface area contributed by atoms with Crippen molar-refractivity contribution in [3.8, 4) is 5.75 Å². The Morgan fingerprint density at radius 3 is 2.30 bits per heavy atom. The van der Waals surface area contributed by atoms with Crippen molar-refractivity contribution < 1.29 is 19.7 Å². The molecule has 0 bridgehead atoms. The second-order valence-corrected chi connectivity index (χ2v) is 5.51. The van der Waals surface area contributed by atoms with Crippen LogP contribution in [0.15, 0.2) is 54.6 Å². The number of benzene rings is 2. The Balaban J connectivity index is 1.72. The van der Waals surface area contributed by atoms with Gasteiger partial charge in [0, 0.05) is 13.0 Å². The highest BCUT2D eigenvalue weighted by Crippen LogP contribution is 2.13. The Morgan fingerprint density at radius 1 is 0.957 bits per heavy atom. The highest BCUT2D eigenvalue weighted by atomic mass is 16.5. The molecule has 0 aliphatic rings. The predicted octanol–water partition coefficient (Wildman–Crippen LogP) is 3.43.